The minimum absolute atomic E-state index is 0.165. The fraction of sp³-hybridized carbons (Fsp3) is 0.344. The number of hydrogen-bond acceptors (Lipinski definition) is 2. The van der Waals surface area contributed by atoms with Gasteiger partial charge in [-0.3, -0.25) is 0 Å². The molecule has 0 unspecified atom stereocenters. The molecular weight excluding hydrogens is 462 g/mol. The van der Waals surface area contributed by atoms with Crippen molar-refractivity contribution in [2.75, 3.05) is 0 Å². The molecular formula is C32H33NO2S. The van der Waals surface area contributed by atoms with Crippen LogP contribution in [0.25, 0.3) is 22.4 Å². The van der Waals surface area contributed by atoms with E-state index < -0.39 is 5.97 Å². The first-order chi connectivity index (χ1) is 17.1. The number of fused-ring (bicyclic) bond motifs is 4. The summed E-state index contributed by atoms with van der Waals surface area (Å²) in [5.74, 6) is -0.886. The predicted molar refractivity (Wildman–Crippen MR) is 148 cm³/mol. The van der Waals surface area contributed by atoms with Crippen molar-refractivity contribution in [3.63, 3.8) is 0 Å². The Balaban J connectivity index is 1.56. The van der Waals surface area contributed by atoms with Crippen molar-refractivity contribution in [3.8, 4) is 22.4 Å². The number of benzene rings is 2. The van der Waals surface area contributed by atoms with E-state index in [0.717, 1.165) is 24.9 Å². The minimum Gasteiger partial charge on any atom is -0.478 e. The van der Waals surface area contributed by atoms with Crippen LogP contribution >= 0.6 is 11.3 Å². The summed E-state index contributed by atoms with van der Waals surface area (Å²) in [6.45, 7) is 10.5. The molecule has 184 valence electrons. The number of aryl methyl sites for hydroxylation is 1. The van der Waals surface area contributed by atoms with Crippen LogP contribution in [0.4, 0.5) is 0 Å². The van der Waals surface area contributed by atoms with Crippen LogP contribution in [0.2, 0.25) is 0 Å². The largest absolute Gasteiger partial charge is 0.478 e. The third-order valence-corrected chi connectivity index (χ3v) is 9.37. The Labute approximate surface area is 217 Å². The monoisotopic (exact) mass is 495 g/mol. The molecule has 2 heterocycles. The quantitative estimate of drug-likeness (QED) is 0.311. The Morgan fingerprint density at radius 1 is 0.944 bits per heavy atom. The summed E-state index contributed by atoms with van der Waals surface area (Å²) in [7, 11) is 0. The second kappa shape index (κ2) is 8.21. The minimum atomic E-state index is -0.886. The molecule has 0 atom stereocenters. The maximum absolute atomic E-state index is 11.4. The number of carbonyl (C=O) groups is 1. The number of thiophene rings is 1. The number of aromatic nitrogens is 1. The Hall–Kier alpha value is -3.11. The first kappa shape index (κ1) is 23.3. The predicted octanol–water partition coefficient (Wildman–Crippen LogP) is 8.08. The lowest BCUT2D eigenvalue weighted by Gasteiger charge is -2.43. The average Bonchev–Trinajstić information content (AvgIpc) is 3.50. The van der Waals surface area contributed by atoms with Crippen LogP contribution in [0.5, 0.6) is 0 Å². The second-order valence-corrected chi connectivity index (χ2v) is 12.8. The molecule has 36 heavy (non-hydrogen) atoms. The molecule has 2 aromatic heterocycles. The molecule has 0 bridgehead atoms. The maximum Gasteiger partial charge on any atom is 0.335 e. The first-order valence-electron chi connectivity index (χ1n) is 12.9. The van der Waals surface area contributed by atoms with E-state index in [-0.39, 0.29) is 10.8 Å². The van der Waals surface area contributed by atoms with Gasteiger partial charge in [0.15, 0.2) is 0 Å². The van der Waals surface area contributed by atoms with Crippen molar-refractivity contribution in [2.24, 2.45) is 0 Å². The Bertz CT molecular complexity index is 1470. The van der Waals surface area contributed by atoms with E-state index in [1.165, 1.54) is 56.8 Å². The van der Waals surface area contributed by atoms with E-state index in [1.54, 1.807) is 23.5 Å². The molecule has 4 aromatic rings. The topological polar surface area (TPSA) is 42.2 Å². The zero-order chi connectivity index (χ0) is 25.2. The number of aromatic carboxylic acids is 1. The van der Waals surface area contributed by atoms with E-state index >= 15 is 0 Å². The lowest BCUT2D eigenvalue weighted by atomic mass is 9.62. The summed E-state index contributed by atoms with van der Waals surface area (Å²) in [6.07, 6.45) is 6.76. The smallest absolute Gasteiger partial charge is 0.335 e. The zero-order valence-corrected chi connectivity index (χ0v) is 22.3. The normalized spacial score (nSPS) is 17.2. The second-order valence-electron chi connectivity index (χ2n) is 11.8. The van der Waals surface area contributed by atoms with Gasteiger partial charge >= 0.3 is 5.97 Å². The van der Waals surface area contributed by atoms with Crippen LogP contribution in [0.15, 0.2) is 60.1 Å². The van der Waals surface area contributed by atoms with Gasteiger partial charge in [0.05, 0.1) is 17.8 Å². The third kappa shape index (κ3) is 3.74. The molecule has 0 fully saturated rings. The molecule has 0 aliphatic heterocycles. The van der Waals surface area contributed by atoms with Crippen molar-refractivity contribution in [1.82, 2.24) is 4.57 Å². The lowest BCUT2D eigenvalue weighted by Crippen LogP contribution is -2.34. The van der Waals surface area contributed by atoms with E-state index in [1.807, 2.05) is 12.1 Å². The van der Waals surface area contributed by atoms with Crippen LogP contribution in [0, 0.1) is 0 Å². The van der Waals surface area contributed by atoms with Crippen molar-refractivity contribution in [1.29, 1.82) is 0 Å². The molecule has 0 amide bonds. The molecule has 2 aliphatic rings. The van der Waals surface area contributed by atoms with Gasteiger partial charge in [-0.2, -0.15) is 0 Å². The molecule has 6 rings (SSSR count). The van der Waals surface area contributed by atoms with Crippen LogP contribution < -0.4 is 0 Å². The Morgan fingerprint density at radius 3 is 2.28 bits per heavy atom. The summed E-state index contributed by atoms with van der Waals surface area (Å²) >= 11 is 1.80. The van der Waals surface area contributed by atoms with Gasteiger partial charge in [-0.25, -0.2) is 4.79 Å². The fourth-order valence-electron chi connectivity index (χ4n) is 6.25. The fourth-order valence-corrected chi connectivity index (χ4v) is 6.95. The van der Waals surface area contributed by atoms with Gasteiger partial charge < -0.3 is 9.67 Å². The number of hydrogen-bond donors (Lipinski definition) is 1. The van der Waals surface area contributed by atoms with Crippen LogP contribution in [0.1, 0.15) is 78.0 Å². The zero-order valence-electron chi connectivity index (χ0n) is 21.5. The third-order valence-electron chi connectivity index (χ3n) is 8.51. The van der Waals surface area contributed by atoms with Crippen molar-refractivity contribution in [3.05, 3.63) is 92.8 Å². The summed E-state index contributed by atoms with van der Waals surface area (Å²) < 4.78 is 2.44. The maximum atomic E-state index is 11.4. The van der Waals surface area contributed by atoms with E-state index in [2.05, 4.69) is 68.1 Å². The summed E-state index contributed by atoms with van der Waals surface area (Å²) in [5.41, 5.74) is 11.6. The average molecular weight is 496 g/mol. The highest BCUT2D eigenvalue weighted by Gasteiger charge is 2.38. The van der Waals surface area contributed by atoms with Crippen molar-refractivity contribution in [2.45, 2.75) is 70.8 Å². The standard InChI is InChI=1S/C32H33NO2S/c1-31(2)13-14-32(3,4)28-17-25-22(16-27(28)31)11-12-24-26(20-7-9-21(10-8-20)30(34)35)19-33(29(24)25)18-23-6-5-15-36-23/h5-10,15-17,19H,11-14,18H2,1-4H3,(H,34,35). The van der Waals surface area contributed by atoms with Gasteiger partial charge in [0.1, 0.15) is 0 Å². The summed E-state index contributed by atoms with van der Waals surface area (Å²) in [4.78, 5) is 12.8. The number of carboxylic acids is 1. The molecule has 0 spiro atoms. The van der Waals surface area contributed by atoms with Gasteiger partial charge in [-0.05, 0) is 94.0 Å². The van der Waals surface area contributed by atoms with Crippen LogP contribution in [-0.2, 0) is 30.2 Å². The van der Waals surface area contributed by atoms with Crippen molar-refractivity contribution < 1.29 is 9.90 Å². The highest BCUT2D eigenvalue weighted by molar-refractivity contribution is 7.09. The first-order valence-corrected chi connectivity index (χ1v) is 13.8. The van der Waals surface area contributed by atoms with Crippen LogP contribution in [-0.4, -0.2) is 15.6 Å². The highest BCUT2D eigenvalue weighted by atomic mass is 32.1. The Morgan fingerprint density at radius 2 is 1.64 bits per heavy atom. The molecule has 2 aromatic carbocycles. The SMILES string of the molecule is CC1(C)CCC(C)(C)c2cc3c(cc21)CCc1c(-c2ccc(C(=O)O)cc2)cn(Cc2cccs2)c1-3. The molecule has 0 saturated carbocycles. The molecule has 4 heteroatoms. The van der Waals surface area contributed by atoms with Gasteiger partial charge in [0.2, 0.25) is 0 Å². The number of nitrogens with zero attached hydrogens (tertiary/aromatic N) is 1. The van der Waals surface area contributed by atoms with Crippen molar-refractivity contribution >= 4 is 17.3 Å². The summed E-state index contributed by atoms with van der Waals surface area (Å²) in [6, 6.07) is 16.7. The van der Waals surface area contributed by atoms with Gasteiger partial charge in [-0.15, -0.1) is 11.3 Å². The molecule has 0 saturated heterocycles. The van der Waals surface area contributed by atoms with Gasteiger partial charge in [0.25, 0.3) is 0 Å². The highest BCUT2D eigenvalue weighted by Crippen LogP contribution is 2.50. The van der Waals surface area contributed by atoms with Crippen LogP contribution in [0.3, 0.4) is 0 Å². The Kier molecular flexibility index (Phi) is 5.31. The molecule has 3 nitrogen and oxygen atoms in total. The molecule has 1 N–H and O–H groups in total. The van der Waals surface area contributed by atoms with E-state index in [0.29, 0.717) is 5.56 Å². The molecule has 2 aliphatic carbocycles. The number of rotatable bonds is 4. The van der Waals surface area contributed by atoms with Gasteiger partial charge in [0, 0.05) is 22.2 Å². The summed E-state index contributed by atoms with van der Waals surface area (Å²) in [5, 5.41) is 11.5. The van der Waals surface area contributed by atoms with E-state index in [9.17, 15) is 9.90 Å². The van der Waals surface area contributed by atoms with Gasteiger partial charge in [-0.1, -0.05) is 52.0 Å². The number of carboxylic acid groups (broad SMARTS) is 1. The van der Waals surface area contributed by atoms with E-state index in [4.69, 9.17) is 0 Å². The lowest BCUT2D eigenvalue weighted by molar-refractivity contribution is 0.0697. The molecule has 0 radical (unpaired) electrons.